The molecular weight excluding hydrogens is 717 g/mol. The van der Waals surface area contributed by atoms with Crippen LogP contribution in [0.3, 0.4) is 0 Å². The van der Waals surface area contributed by atoms with Gasteiger partial charge in [0.15, 0.2) is 0 Å². The maximum absolute atomic E-state index is 6.43. The molecule has 3 nitrogen and oxygen atoms in total. The second-order valence-electron chi connectivity index (χ2n) is 17.7. The Morgan fingerprint density at radius 2 is 1.05 bits per heavy atom. The van der Waals surface area contributed by atoms with E-state index >= 15 is 0 Å². The lowest BCUT2D eigenvalue weighted by atomic mass is 9.63. The Balaban J connectivity index is 1.10. The molecule has 286 valence electrons. The molecule has 2 aromatic heterocycles. The van der Waals surface area contributed by atoms with Crippen molar-refractivity contribution in [3.05, 3.63) is 193 Å². The number of para-hydroxylation sites is 3. The maximum Gasteiger partial charge on any atom is 0.137 e. The summed E-state index contributed by atoms with van der Waals surface area (Å²) in [5.74, 6) is 0. The molecule has 1 aliphatic carbocycles. The first-order chi connectivity index (χ1) is 28.7. The largest absolute Gasteiger partial charge is 0.456 e. The number of rotatable bonds is 6. The lowest BCUT2D eigenvalue weighted by Gasteiger charge is -2.42. The average molecular weight is 763 g/mol. The summed E-state index contributed by atoms with van der Waals surface area (Å²) in [6.07, 6.45) is 2.39. The minimum absolute atomic E-state index is 0.125. The van der Waals surface area contributed by atoms with E-state index in [-0.39, 0.29) is 10.8 Å². The zero-order valence-electron chi connectivity index (χ0n) is 34.0. The van der Waals surface area contributed by atoms with Crippen molar-refractivity contribution in [3.8, 4) is 27.9 Å². The monoisotopic (exact) mass is 762 g/mol. The van der Waals surface area contributed by atoms with Crippen LogP contribution in [0.2, 0.25) is 0 Å². The lowest BCUT2D eigenvalue weighted by Crippen LogP contribution is -2.33. The third-order valence-electron chi connectivity index (χ3n) is 13.0. The van der Waals surface area contributed by atoms with Crippen molar-refractivity contribution >= 4 is 60.8 Å². The minimum atomic E-state index is 0.125. The van der Waals surface area contributed by atoms with E-state index in [1.165, 1.54) is 62.6 Å². The number of aromatic nitrogens is 1. The van der Waals surface area contributed by atoms with E-state index in [4.69, 9.17) is 4.42 Å². The molecule has 0 bridgehead atoms. The second kappa shape index (κ2) is 13.4. The first-order valence-electron chi connectivity index (χ1n) is 20.9. The van der Waals surface area contributed by atoms with E-state index < -0.39 is 0 Å². The number of anilines is 3. The summed E-state index contributed by atoms with van der Waals surface area (Å²) in [4.78, 5) is 2.35. The number of nitrogens with zero attached hydrogens (tertiary/aromatic N) is 2. The lowest BCUT2D eigenvalue weighted by molar-refractivity contribution is 0.332. The highest BCUT2D eigenvalue weighted by molar-refractivity contribution is 6.11. The molecule has 59 heavy (non-hydrogen) atoms. The van der Waals surface area contributed by atoms with Crippen LogP contribution in [-0.2, 0) is 10.8 Å². The Hall–Kier alpha value is -6.84. The molecule has 0 saturated heterocycles. The highest BCUT2D eigenvalue weighted by Crippen LogP contribution is 2.48. The molecular formula is C56H46N2O. The molecule has 0 spiro atoms. The van der Waals surface area contributed by atoms with Gasteiger partial charge in [-0.15, -0.1) is 0 Å². The van der Waals surface area contributed by atoms with Crippen LogP contribution in [0.15, 0.2) is 186 Å². The van der Waals surface area contributed by atoms with E-state index in [0.717, 1.165) is 50.1 Å². The molecule has 2 heterocycles. The first kappa shape index (κ1) is 35.3. The van der Waals surface area contributed by atoms with Crippen molar-refractivity contribution in [2.45, 2.75) is 51.4 Å². The van der Waals surface area contributed by atoms with E-state index in [1.807, 2.05) is 12.1 Å². The number of furan rings is 1. The Morgan fingerprint density at radius 1 is 0.407 bits per heavy atom. The van der Waals surface area contributed by atoms with Gasteiger partial charge in [-0.3, -0.25) is 0 Å². The van der Waals surface area contributed by atoms with Gasteiger partial charge < -0.3 is 13.9 Å². The number of benzene rings is 8. The number of hydrogen-bond donors (Lipinski definition) is 0. The Bertz CT molecular complexity index is 3220. The molecule has 0 radical (unpaired) electrons. The summed E-state index contributed by atoms with van der Waals surface area (Å²) >= 11 is 0. The smallest absolute Gasteiger partial charge is 0.137 e. The van der Waals surface area contributed by atoms with Crippen LogP contribution in [0.4, 0.5) is 17.1 Å². The van der Waals surface area contributed by atoms with E-state index in [1.54, 1.807) is 0 Å². The van der Waals surface area contributed by atoms with Gasteiger partial charge in [0.25, 0.3) is 0 Å². The van der Waals surface area contributed by atoms with Gasteiger partial charge >= 0.3 is 0 Å². The summed E-state index contributed by atoms with van der Waals surface area (Å²) in [5.41, 5.74) is 16.5. The Kier molecular flexibility index (Phi) is 8.00. The average Bonchev–Trinajstić information content (AvgIpc) is 3.81. The van der Waals surface area contributed by atoms with Crippen LogP contribution < -0.4 is 4.90 Å². The van der Waals surface area contributed by atoms with Crippen molar-refractivity contribution < 1.29 is 4.42 Å². The fourth-order valence-corrected chi connectivity index (χ4v) is 9.73. The van der Waals surface area contributed by atoms with Crippen LogP contribution in [0.1, 0.15) is 51.7 Å². The van der Waals surface area contributed by atoms with E-state index in [9.17, 15) is 0 Å². The van der Waals surface area contributed by atoms with Crippen molar-refractivity contribution in [1.29, 1.82) is 0 Å². The van der Waals surface area contributed by atoms with Crippen LogP contribution >= 0.6 is 0 Å². The zero-order valence-corrected chi connectivity index (χ0v) is 34.0. The van der Waals surface area contributed by atoms with Gasteiger partial charge in [0.05, 0.1) is 11.0 Å². The third-order valence-corrected chi connectivity index (χ3v) is 13.0. The Morgan fingerprint density at radius 3 is 1.85 bits per heavy atom. The van der Waals surface area contributed by atoms with Gasteiger partial charge in [-0.2, -0.15) is 0 Å². The van der Waals surface area contributed by atoms with Gasteiger partial charge in [0.2, 0.25) is 0 Å². The third kappa shape index (κ3) is 5.87. The molecule has 10 aromatic rings. The SMILES string of the molecule is CC1(C)CCC(C)(C)c2cc(-n3c4ccccc4c4cc(-c5cc(-c6ccccc6)cc(N(c6ccccc6)c6ccc7c(c6)oc6ccccc67)c5)ccc43)ccc21. The van der Waals surface area contributed by atoms with Crippen LogP contribution in [0, 0.1) is 0 Å². The molecule has 0 unspecified atom stereocenters. The Labute approximate surface area is 345 Å². The van der Waals surface area contributed by atoms with Crippen LogP contribution in [0.25, 0.3) is 71.7 Å². The summed E-state index contributed by atoms with van der Waals surface area (Å²) in [5, 5.41) is 4.75. The summed E-state index contributed by atoms with van der Waals surface area (Å²) in [6.45, 7) is 9.63. The summed E-state index contributed by atoms with van der Waals surface area (Å²) in [6, 6.07) is 66.4. The summed E-state index contributed by atoms with van der Waals surface area (Å²) in [7, 11) is 0. The van der Waals surface area contributed by atoms with Crippen molar-refractivity contribution in [1.82, 2.24) is 4.57 Å². The predicted octanol–water partition coefficient (Wildman–Crippen LogP) is 15.8. The highest BCUT2D eigenvalue weighted by atomic mass is 16.3. The highest BCUT2D eigenvalue weighted by Gasteiger charge is 2.37. The van der Waals surface area contributed by atoms with Gasteiger partial charge in [-0.05, 0) is 136 Å². The quantitative estimate of drug-likeness (QED) is 0.168. The standard InChI is InChI=1S/C56H46N2O/c1-55(2)29-30-56(3,4)50-35-42(25-27-49(50)55)58-51-21-13-11-19-45(51)48-34-38(23-28-52(48)58)40-31-39(37-15-7-5-8-16-37)32-44(33-40)57(41-17-9-6-10-18-41)43-24-26-47-46-20-12-14-22-53(46)59-54(47)36-43/h5-28,31-36H,29-30H2,1-4H3. The first-order valence-corrected chi connectivity index (χ1v) is 20.9. The predicted molar refractivity (Wildman–Crippen MR) is 249 cm³/mol. The molecule has 0 fully saturated rings. The molecule has 3 heteroatoms. The van der Waals surface area contributed by atoms with Gasteiger partial charge in [-0.25, -0.2) is 0 Å². The van der Waals surface area contributed by atoms with Crippen LogP contribution in [-0.4, -0.2) is 4.57 Å². The molecule has 0 N–H and O–H groups in total. The zero-order chi connectivity index (χ0) is 39.9. The number of fused-ring (bicyclic) bond motifs is 7. The van der Waals surface area contributed by atoms with Crippen molar-refractivity contribution in [2.24, 2.45) is 0 Å². The molecule has 0 saturated carbocycles. The van der Waals surface area contributed by atoms with Crippen molar-refractivity contribution in [2.75, 3.05) is 4.90 Å². The van der Waals surface area contributed by atoms with Gasteiger partial charge in [0, 0.05) is 50.4 Å². The van der Waals surface area contributed by atoms with Crippen molar-refractivity contribution in [3.63, 3.8) is 0 Å². The normalized spacial score (nSPS) is 14.6. The van der Waals surface area contributed by atoms with Gasteiger partial charge in [0.1, 0.15) is 11.2 Å². The minimum Gasteiger partial charge on any atom is -0.456 e. The fraction of sp³-hybridized carbons (Fsp3) is 0.143. The number of hydrogen-bond acceptors (Lipinski definition) is 2. The maximum atomic E-state index is 6.43. The van der Waals surface area contributed by atoms with E-state index in [0.29, 0.717) is 0 Å². The molecule has 0 amide bonds. The van der Waals surface area contributed by atoms with Crippen LogP contribution in [0.5, 0.6) is 0 Å². The topological polar surface area (TPSA) is 21.3 Å². The molecule has 0 atom stereocenters. The van der Waals surface area contributed by atoms with Gasteiger partial charge in [-0.1, -0.05) is 125 Å². The molecule has 0 aliphatic heterocycles. The molecule has 11 rings (SSSR count). The van der Waals surface area contributed by atoms with E-state index in [2.05, 4.69) is 207 Å². The second-order valence-corrected chi connectivity index (χ2v) is 17.7. The molecule has 8 aromatic carbocycles. The molecule has 1 aliphatic rings. The fourth-order valence-electron chi connectivity index (χ4n) is 9.73. The summed E-state index contributed by atoms with van der Waals surface area (Å²) < 4.78 is 8.90.